The van der Waals surface area contributed by atoms with Gasteiger partial charge in [-0.3, -0.25) is 0 Å². The molecule has 112 valence electrons. The summed E-state index contributed by atoms with van der Waals surface area (Å²) in [5, 5.41) is 0.733. The molecule has 6 heteroatoms. The van der Waals surface area contributed by atoms with Crippen LogP contribution < -0.4 is 0 Å². The second kappa shape index (κ2) is 6.13. The highest BCUT2D eigenvalue weighted by atomic mass is 79.9. The van der Waals surface area contributed by atoms with E-state index in [-0.39, 0.29) is 6.04 Å². The lowest BCUT2D eigenvalue weighted by Crippen LogP contribution is -2.35. The number of sulfonamides is 1. The number of likely N-dealkylation sites (N-methyl/N-ethyl adjacent to an activating group) is 1. The quantitative estimate of drug-likeness (QED) is 0.772. The van der Waals surface area contributed by atoms with Crippen molar-refractivity contribution >= 4 is 26.0 Å². The molecule has 2 rings (SSSR count). The molecule has 1 fully saturated rings. The number of rotatable bonds is 4. The molecule has 0 radical (unpaired) electrons. The van der Waals surface area contributed by atoms with Crippen LogP contribution in [0.15, 0.2) is 29.2 Å². The molecule has 0 spiro atoms. The van der Waals surface area contributed by atoms with Crippen molar-refractivity contribution in [3.05, 3.63) is 29.8 Å². The maximum atomic E-state index is 12.6. The Morgan fingerprint density at radius 3 is 2.30 bits per heavy atom. The normalized spacial score (nSPS) is 24.4. The van der Waals surface area contributed by atoms with Crippen LogP contribution in [0.1, 0.15) is 12.5 Å². The fourth-order valence-electron chi connectivity index (χ4n) is 2.67. The predicted molar refractivity (Wildman–Crippen MR) is 84.5 cm³/mol. The van der Waals surface area contributed by atoms with Crippen LogP contribution in [0.25, 0.3) is 0 Å². The molecular weight excluding hydrogens is 340 g/mol. The lowest BCUT2D eigenvalue weighted by molar-refractivity contribution is 0.263. The minimum atomic E-state index is -3.37. The highest BCUT2D eigenvalue weighted by Crippen LogP contribution is 2.26. The zero-order valence-electron chi connectivity index (χ0n) is 12.1. The number of hydrogen-bond donors (Lipinski definition) is 0. The second-order valence-corrected chi connectivity index (χ2v) is 8.11. The Balaban J connectivity index is 2.22. The van der Waals surface area contributed by atoms with E-state index < -0.39 is 10.0 Å². The Morgan fingerprint density at radius 2 is 1.85 bits per heavy atom. The van der Waals surface area contributed by atoms with Crippen molar-refractivity contribution in [1.29, 1.82) is 0 Å². The maximum absolute atomic E-state index is 12.6. The van der Waals surface area contributed by atoms with Gasteiger partial charge in [0.25, 0.3) is 0 Å². The Bertz CT molecular complexity index is 557. The molecule has 0 amide bonds. The van der Waals surface area contributed by atoms with Crippen LogP contribution in [-0.2, 0) is 15.4 Å². The first-order valence-electron chi connectivity index (χ1n) is 6.67. The molecule has 1 aliphatic rings. The number of halogens is 1. The van der Waals surface area contributed by atoms with Gasteiger partial charge in [-0.25, -0.2) is 8.42 Å². The zero-order chi connectivity index (χ0) is 14.9. The van der Waals surface area contributed by atoms with E-state index in [1.165, 1.54) is 0 Å². The molecule has 0 aromatic heterocycles. The highest BCUT2D eigenvalue weighted by molar-refractivity contribution is 9.08. The van der Waals surface area contributed by atoms with Crippen molar-refractivity contribution < 1.29 is 8.42 Å². The molecular formula is C14H21BrN2O2S. The Kier molecular flexibility index (Phi) is 4.89. The smallest absolute Gasteiger partial charge is 0.243 e. The summed E-state index contributed by atoms with van der Waals surface area (Å²) in [6, 6.07) is 7.38. The fourth-order valence-corrected chi connectivity index (χ4v) is 4.61. The fraction of sp³-hybridized carbons (Fsp3) is 0.571. The first-order valence-corrected chi connectivity index (χ1v) is 9.24. The molecule has 0 bridgehead atoms. The first-order chi connectivity index (χ1) is 9.36. The van der Waals surface area contributed by atoms with Gasteiger partial charge in [0.2, 0.25) is 10.0 Å². The number of nitrogens with zero attached hydrogens (tertiary/aromatic N) is 2. The van der Waals surface area contributed by atoms with Gasteiger partial charge >= 0.3 is 0 Å². The molecule has 1 heterocycles. The summed E-state index contributed by atoms with van der Waals surface area (Å²) in [6.07, 6.45) is 0. The highest BCUT2D eigenvalue weighted by Gasteiger charge is 2.37. The topological polar surface area (TPSA) is 40.6 Å². The average Bonchev–Trinajstić information content (AvgIpc) is 2.82. The lowest BCUT2D eigenvalue weighted by atomic mass is 10.1. The van der Waals surface area contributed by atoms with Crippen molar-refractivity contribution in [1.82, 2.24) is 9.21 Å². The average molecular weight is 361 g/mol. The number of hydrogen-bond acceptors (Lipinski definition) is 3. The molecule has 1 saturated heterocycles. The summed E-state index contributed by atoms with van der Waals surface area (Å²) in [7, 11) is 0.632. The maximum Gasteiger partial charge on any atom is 0.243 e. The van der Waals surface area contributed by atoms with E-state index in [0.29, 0.717) is 23.9 Å². The van der Waals surface area contributed by atoms with Crippen LogP contribution in [0.5, 0.6) is 0 Å². The summed E-state index contributed by atoms with van der Waals surface area (Å²) in [6.45, 7) is 3.26. The van der Waals surface area contributed by atoms with Gasteiger partial charge in [0, 0.05) is 24.5 Å². The summed E-state index contributed by atoms with van der Waals surface area (Å²) < 4.78 is 26.9. The Labute approximate surface area is 129 Å². The Morgan fingerprint density at radius 1 is 1.25 bits per heavy atom. The molecule has 2 atom stereocenters. The van der Waals surface area contributed by atoms with E-state index in [2.05, 4.69) is 27.8 Å². The van der Waals surface area contributed by atoms with Crippen LogP contribution in [0, 0.1) is 5.92 Å². The van der Waals surface area contributed by atoms with Crippen molar-refractivity contribution in [3.63, 3.8) is 0 Å². The van der Waals surface area contributed by atoms with Crippen LogP contribution in [-0.4, -0.2) is 50.8 Å². The third-order valence-electron chi connectivity index (χ3n) is 3.92. The van der Waals surface area contributed by atoms with Gasteiger partial charge in [0.15, 0.2) is 0 Å². The molecule has 0 aliphatic carbocycles. The largest absolute Gasteiger partial charge is 0.305 e. The standard InChI is InChI=1S/C14H21BrN2O2S/c1-11-9-17(10-14(11)16(2)3)20(18,19)13-6-4-12(8-15)5-7-13/h4-7,11,14H,8-10H2,1-3H3. The van der Waals surface area contributed by atoms with Crippen LogP contribution >= 0.6 is 15.9 Å². The SMILES string of the molecule is CC1CN(S(=O)(=O)c2ccc(CBr)cc2)CC1N(C)C. The summed E-state index contributed by atoms with van der Waals surface area (Å²) in [5.74, 6) is 0.349. The lowest BCUT2D eigenvalue weighted by Gasteiger charge is -2.22. The second-order valence-electron chi connectivity index (χ2n) is 5.61. The van der Waals surface area contributed by atoms with Gasteiger partial charge in [-0.1, -0.05) is 35.0 Å². The third kappa shape index (κ3) is 3.08. The minimum absolute atomic E-state index is 0.284. The summed E-state index contributed by atoms with van der Waals surface area (Å²) >= 11 is 3.37. The van der Waals surface area contributed by atoms with Gasteiger partial charge < -0.3 is 4.90 Å². The first kappa shape index (κ1) is 15.9. The monoisotopic (exact) mass is 360 g/mol. The zero-order valence-corrected chi connectivity index (χ0v) is 14.5. The van der Waals surface area contributed by atoms with E-state index in [1.54, 1.807) is 16.4 Å². The molecule has 1 aromatic carbocycles. The number of benzene rings is 1. The summed E-state index contributed by atoms with van der Waals surface area (Å²) in [5.41, 5.74) is 1.07. The molecule has 4 nitrogen and oxygen atoms in total. The molecule has 2 unspecified atom stereocenters. The Hall–Kier alpha value is -0.430. The molecule has 0 N–H and O–H groups in total. The van der Waals surface area contributed by atoms with E-state index in [4.69, 9.17) is 0 Å². The van der Waals surface area contributed by atoms with E-state index in [1.807, 2.05) is 26.2 Å². The van der Waals surface area contributed by atoms with Gasteiger partial charge in [0.1, 0.15) is 0 Å². The third-order valence-corrected chi connectivity index (χ3v) is 6.41. The predicted octanol–water partition coefficient (Wildman–Crippen LogP) is 2.15. The van der Waals surface area contributed by atoms with Gasteiger partial charge in [-0.05, 0) is 37.7 Å². The molecule has 1 aromatic rings. The van der Waals surface area contributed by atoms with Gasteiger partial charge in [-0.2, -0.15) is 4.31 Å². The van der Waals surface area contributed by atoms with Crippen LogP contribution in [0.4, 0.5) is 0 Å². The number of alkyl halides is 1. The van der Waals surface area contributed by atoms with Crippen LogP contribution in [0.3, 0.4) is 0 Å². The molecule has 20 heavy (non-hydrogen) atoms. The van der Waals surface area contributed by atoms with Crippen molar-refractivity contribution in [2.45, 2.75) is 23.2 Å². The molecule has 1 aliphatic heterocycles. The van der Waals surface area contributed by atoms with E-state index in [9.17, 15) is 8.42 Å². The van der Waals surface area contributed by atoms with Crippen LogP contribution in [0.2, 0.25) is 0 Å². The van der Waals surface area contributed by atoms with Crippen molar-refractivity contribution in [2.75, 3.05) is 27.2 Å². The molecule has 0 saturated carbocycles. The summed E-state index contributed by atoms with van der Waals surface area (Å²) in [4.78, 5) is 2.49. The van der Waals surface area contributed by atoms with E-state index in [0.717, 1.165) is 10.9 Å². The minimum Gasteiger partial charge on any atom is -0.305 e. The van der Waals surface area contributed by atoms with E-state index >= 15 is 0 Å². The van der Waals surface area contributed by atoms with Gasteiger partial charge in [0.05, 0.1) is 4.90 Å². The van der Waals surface area contributed by atoms with Gasteiger partial charge in [-0.15, -0.1) is 0 Å². The van der Waals surface area contributed by atoms with Crippen molar-refractivity contribution in [3.8, 4) is 0 Å². The van der Waals surface area contributed by atoms with Crippen molar-refractivity contribution in [2.24, 2.45) is 5.92 Å².